The van der Waals surface area contributed by atoms with Crippen molar-refractivity contribution in [3.8, 4) is 5.88 Å². The van der Waals surface area contributed by atoms with E-state index >= 15 is 0 Å². The molecule has 0 radical (unpaired) electrons. The van der Waals surface area contributed by atoms with Gasteiger partial charge in [-0.15, -0.1) is 0 Å². The van der Waals surface area contributed by atoms with Gasteiger partial charge in [0.25, 0.3) is 0 Å². The highest BCUT2D eigenvalue weighted by molar-refractivity contribution is 5.40. The van der Waals surface area contributed by atoms with Gasteiger partial charge in [0.05, 0.1) is 7.11 Å². The van der Waals surface area contributed by atoms with Crippen LogP contribution in [-0.2, 0) is 0 Å². The van der Waals surface area contributed by atoms with Crippen LogP contribution in [-0.4, -0.2) is 35.2 Å². The molecule has 0 saturated carbocycles. The number of anilines is 1. The third kappa shape index (κ3) is 1.92. The number of nitrogens with zero attached hydrogens (tertiary/aromatic N) is 3. The van der Waals surface area contributed by atoms with E-state index in [1.165, 1.54) is 12.8 Å². The minimum Gasteiger partial charge on any atom is -0.481 e. The molecule has 0 amide bonds. The van der Waals surface area contributed by atoms with Crippen molar-refractivity contribution in [2.75, 3.05) is 12.0 Å². The van der Waals surface area contributed by atoms with Crippen molar-refractivity contribution in [3.05, 3.63) is 11.8 Å². The highest BCUT2D eigenvalue weighted by atomic mass is 16.5. The number of fused-ring (bicyclic) bond motifs is 2. The molecule has 2 aliphatic heterocycles. The number of methoxy groups -OCH3 is 1. The fourth-order valence-electron chi connectivity index (χ4n) is 3.29. The molecule has 2 unspecified atom stereocenters. The summed E-state index contributed by atoms with van der Waals surface area (Å²) in [6.07, 6.45) is 4.52. The summed E-state index contributed by atoms with van der Waals surface area (Å²) in [6.45, 7) is 1.98. The van der Waals surface area contributed by atoms with Crippen LogP contribution in [0.25, 0.3) is 0 Å². The molecule has 2 bridgehead atoms. The molecule has 1 aromatic heterocycles. The van der Waals surface area contributed by atoms with Gasteiger partial charge >= 0.3 is 0 Å². The monoisotopic (exact) mass is 248 g/mol. The second kappa shape index (κ2) is 4.39. The number of aryl methyl sites for hydroxylation is 1. The van der Waals surface area contributed by atoms with E-state index in [1.807, 2.05) is 13.0 Å². The Bertz CT molecular complexity index is 437. The summed E-state index contributed by atoms with van der Waals surface area (Å²) in [5.41, 5.74) is 7.04. The van der Waals surface area contributed by atoms with E-state index in [2.05, 4.69) is 14.9 Å². The van der Waals surface area contributed by atoms with Gasteiger partial charge in [-0.1, -0.05) is 0 Å². The van der Waals surface area contributed by atoms with Gasteiger partial charge in [0, 0.05) is 29.9 Å². The molecular formula is C13H20N4O. The first-order valence-electron chi connectivity index (χ1n) is 6.61. The van der Waals surface area contributed by atoms with Crippen molar-refractivity contribution in [2.45, 2.75) is 50.7 Å². The lowest BCUT2D eigenvalue weighted by atomic mass is 9.99. The molecule has 0 aromatic carbocycles. The van der Waals surface area contributed by atoms with E-state index in [0.29, 0.717) is 24.0 Å². The van der Waals surface area contributed by atoms with Gasteiger partial charge in [-0.25, -0.2) is 4.98 Å². The van der Waals surface area contributed by atoms with Gasteiger partial charge in [0.1, 0.15) is 0 Å². The SMILES string of the molecule is COc1cc(C)nc(N2C3CCC2CC(N)C3)n1. The predicted molar refractivity (Wildman–Crippen MR) is 69.8 cm³/mol. The number of rotatable bonds is 2. The largest absolute Gasteiger partial charge is 0.481 e. The standard InChI is InChI=1S/C13H20N4O/c1-8-5-12(18-2)16-13(15-8)17-10-3-4-11(17)7-9(14)6-10/h5,9-11H,3-4,6-7,14H2,1-2H3. The molecule has 2 atom stereocenters. The quantitative estimate of drug-likeness (QED) is 0.853. The Balaban J connectivity index is 1.93. The molecule has 1 aromatic rings. The molecule has 3 heterocycles. The lowest BCUT2D eigenvalue weighted by molar-refractivity contribution is 0.386. The molecular weight excluding hydrogens is 228 g/mol. The first-order chi connectivity index (χ1) is 8.67. The van der Waals surface area contributed by atoms with Crippen molar-refractivity contribution in [3.63, 3.8) is 0 Å². The Morgan fingerprint density at radius 1 is 1.28 bits per heavy atom. The summed E-state index contributed by atoms with van der Waals surface area (Å²) in [5.74, 6) is 1.46. The number of aromatic nitrogens is 2. The summed E-state index contributed by atoms with van der Waals surface area (Å²) in [6, 6.07) is 3.21. The van der Waals surface area contributed by atoms with Crippen LogP contribution < -0.4 is 15.4 Å². The smallest absolute Gasteiger partial charge is 0.229 e. The molecule has 2 N–H and O–H groups in total. The Hall–Kier alpha value is -1.36. The maximum atomic E-state index is 6.09. The predicted octanol–water partition coefficient (Wildman–Crippen LogP) is 1.25. The molecule has 3 rings (SSSR count). The summed E-state index contributed by atoms with van der Waals surface area (Å²) in [4.78, 5) is 11.4. The van der Waals surface area contributed by atoms with Crippen LogP contribution in [0.2, 0.25) is 0 Å². The number of hydrogen-bond acceptors (Lipinski definition) is 5. The molecule has 98 valence electrons. The van der Waals surface area contributed by atoms with Crippen molar-refractivity contribution >= 4 is 5.95 Å². The van der Waals surface area contributed by atoms with E-state index in [0.717, 1.165) is 24.5 Å². The van der Waals surface area contributed by atoms with Crippen molar-refractivity contribution in [2.24, 2.45) is 5.73 Å². The molecule has 5 nitrogen and oxygen atoms in total. The first kappa shape index (κ1) is 11.7. The average Bonchev–Trinajstić information content (AvgIpc) is 2.61. The molecule has 2 fully saturated rings. The van der Waals surface area contributed by atoms with E-state index in [9.17, 15) is 0 Å². The molecule has 0 spiro atoms. The summed E-state index contributed by atoms with van der Waals surface area (Å²) < 4.78 is 5.24. The summed E-state index contributed by atoms with van der Waals surface area (Å²) in [5, 5.41) is 0. The van der Waals surface area contributed by atoms with Crippen LogP contribution in [0.1, 0.15) is 31.4 Å². The van der Waals surface area contributed by atoms with Crippen LogP contribution in [0.4, 0.5) is 5.95 Å². The Morgan fingerprint density at radius 2 is 1.94 bits per heavy atom. The maximum Gasteiger partial charge on any atom is 0.229 e. The highest BCUT2D eigenvalue weighted by Gasteiger charge is 2.41. The molecule has 2 aliphatic rings. The molecule has 18 heavy (non-hydrogen) atoms. The average molecular weight is 248 g/mol. The molecule has 2 saturated heterocycles. The van der Waals surface area contributed by atoms with Crippen molar-refractivity contribution < 1.29 is 4.74 Å². The zero-order valence-corrected chi connectivity index (χ0v) is 11.0. The maximum absolute atomic E-state index is 6.09. The van der Waals surface area contributed by atoms with Gasteiger partial charge in [0.2, 0.25) is 11.8 Å². The van der Waals surface area contributed by atoms with Gasteiger partial charge in [-0.05, 0) is 32.6 Å². The van der Waals surface area contributed by atoms with E-state index in [1.54, 1.807) is 7.11 Å². The lowest BCUT2D eigenvalue weighted by Crippen LogP contribution is -2.48. The number of ether oxygens (including phenoxy) is 1. The fraction of sp³-hybridized carbons (Fsp3) is 0.692. The topological polar surface area (TPSA) is 64.3 Å². The third-order valence-electron chi connectivity index (χ3n) is 4.03. The van der Waals surface area contributed by atoms with E-state index < -0.39 is 0 Å². The number of piperidine rings is 1. The Labute approximate surface area is 107 Å². The second-order valence-electron chi connectivity index (χ2n) is 5.38. The fourth-order valence-corrected chi connectivity index (χ4v) is 3.29. The summed E-state index contributed by atoms with van der Waals surface area (Å²) in [7, 11) is 1.65. The minimum absolute atomic E-state index is 0.338. The molecule has 0 aliphatic carbocycles. The van der Waals surface area contributed by atoms with Crippen molar-refractivity contribution in [1.29, 1.82) is 0 Å². The Kier molecular flexibility index (Phi) is 2.86. The van der Waals surface area contributed by atoms with Crippen LogP contribution in [0.5, 0.6) is 5.88 Å². The van der Waals surface area contributed by atoms with E-state index in [4.69, 9.17) is 10.5 Å². The van der Waals surface area contributed by atoms with Gasteiger partial charge < -0.3 is 15.4 Å². The zero-order chi connectivity index (χ0) is 12.7. The Morgan fingerprint density at radius 3 is 2.56 bits per heavy atom. The van der Waals surface area contributed by atoms with Gasteiger partial charge in [-0.2, -0.15) is 4.98 Å². The normalized spacial score (nSPS) is 30.6. The van der Waals surface area contributed by atoms with Gasteiger partial charge in [-0.3, -0.25) is 0 Å². The second-order valence-corrected chi connectivity index (χ2v) is 5.38. The highest BCUT2D eigenvalue weighted by Crippen LogP contribution is 2.37. The van der Waals surface area contributed by atoms with Crippen molar-refractivity contribution in [1.82, 2.24) is 9.97 Å². The molecule has 5 heteroatoms. The number of nitrogens with two attached hydrogens (primary N) is 1. The zero-order valence-electron chi connectivity index (χ0n) is 11.0. The van der Waals surface area contributed by atoms with Crippen LogP contribution in [0.3, 0.4) is 0 Å². The minimum atomic E-state index is 0.338. The van der Waals surface area contributed by atoms with Crippen LogP contribution in [0.15, 0.2) is 6.07 Å². The van der Waals surface area contributed by atoms with E-state index in [-0.39, 0.29) is 0 Å². The number of hydrogen-bond donors (Lipinski definition) is 1. The first-order valence-corrected chi connectivity index (χ1v) is 6.61. The van der Waals surface area contributed by atoms with Crippen LogP contribution in [0, 0.1) is 6.92 Å². The summed E-state index contributed by atoms with van der Waals surface area (Å²) >= 11 is 0. The van der Waals surface area contributed by atoms with Gasteiger partial charge in [0.15, 0.2) is 0 Å². The van der Waals surface area contributed by atoms with Crippen LogP contribution >= 0.6 is 0 Å². The third-order valence-corrected chi connectivity index (χ3v) is 4.03. The lowest BCUT2D eigenvalue weighted by Gasteiger charge is -2.37.